The fourth-order valence-electron chi connectivity index (χ4n) is 1.49. The Kier molecular flexibility index (Phi) is 3.34. The Hall–Kier alpha value is -1.50. The Morgan fingerprint density at radius 1 is 1.50 bits per heavy atom. The number of imidazole rings is 1. The van der Waals surface area contributed by atoms with Gasteiger partial charge in [-0.1, -0.05) is 11.6 Å². The fraction of sp³-hybridized carbons (Fsp3) is 0.400. The zero-order valence-corrected chi connectivity index (χ0v) is 10.2. The number of hydrogen-bond acceptors (Lipinski definition) is 3. The second-order valence-electron chi connectivity index (χ2n) is 3.80. The molecule has 1 aromatic rings. The minimum atomic E-state index is -4.43. The molecule has 1 aliphatic heterocycles. The minimum absolute atomic E-state index is 0.204. The van der Waals surface area contributed by atoms with E-state index in [0.717, 1.165) is 6.20 Å². The summed E-state index contributed by atoms with van der Waals surface area (Å²) >= 11 is 5.70. The third-order valence-electron chi connectivity index (χ3n) is 2.40. The first-order valence-electron chi connectivity index (χ1n) is 5.11. The lowest BCUT2D eigenvalue weighted by molar-refractivity contribution is -0.141. The van der Waals surface area contributed by atoms with E-state index in [-0.39, 0.29) is 12.4 Å². The van der Waals surface area contributed by atoms with E-state index in [1.54, 1.807) is 6.20 Å². The number of aryl methyl sites for hydroxylation is 1. The van der Waals surface area contributed by atoms with E-state index >= 15 is 0 Å². The van der Waals surface area contributed by atoms with Gasteiger partial charge in [0.2, 0.25) is 0 Å². The van der Waals surface area contributed by atoms with Crippen LogP contribution in [0.3, 0.4) is 0 Å². The normalized spacial score (nSPS) is 16.1. The zero-order chi connectivity index (χ0) is 13.3. The quantitative estimate of drug-likeness (QED) is 0.902. The molecule has 18 heavy (non-hydrogen) atoms. The predicted octanol–water partition coefficient (Wildman–Crippen LogP) is 2.29. The van der Waals surface area contributed by atoms with Crippen LogP contribution in [-0.2, 0) is 12.7 Å². The molecule has 0 spiro atoms. The highest BCUT2D eigenvalue weighted by molar-refractivity contribution is 6.30. The van der Waals surface area contributed by atoms with Crippen molar-refractivity contribution in [3.05, 3.63) is 28.9 Å². The van der Waals surface area contributed by atoms with Crippen LogP contribution in [0.1, 0.15) is 11.5 Å². The molecule has 0 fully saturated rings. The number of hydrogen-bond donors (Lipinski definition) is 1. The van der Waals surface area contributed by atoms with Gasteiger partial charge in [0.1, 0.15) is 11.7 Å². The summed E-state index contributed by atoms with van der Waals surface area (Å²) in [5, 5.41) is 3.37. The second-order valence-corrected chi connectivity index (χ2v) is 4.28. The number of nitrogens with zero attached hydrogens (tertiary/aromatic N) is 3. The standard InChI is InChI=1S/C10H10ClF3N4/c1-6-17-8(10(12,13)14)4-18(6)5-9-15-2-7(11)3-16-9/h2,4H,3,5H2,1H3,(H,15,16). The van der Waals surface area contributed by atoms with Crippen molar-refractivity contribution in [1.29, 1.82) is 0 Å². The monoisotopic (exact) mass is 278 g/mol. The summed E-state index contributed by atoms with van der Waals surface area (Å²) < 4.78 is 38.8. The first-order chi connectivity index (χ1) is 8.36. The van der Waals surface area contributed by atoms with Gasteiger partial charge in [-0.3, -0.25) is 4.99 Å². The zero-order valence-electron chi connectivity index (χ0n) is 9.42. The molecule has 2 rings (SSSR count). The van der Waals surface area contributed by atoms with Crippen LogP contribution in [-0.4, -0.2) is 21.9 Å². The Labute approximate surface area is 106 Å². The smallest absolute Gasteiger partial charge is 0.348 e. The number of alkyl halides is 3. The van der Waals surface area contributed by atoms with Gasteiger partial charge in [0, 0.05) is 12.4 Å². The maximum Gasteiger partial charge on any atom is 0.434 e. The van der Waals surface area contributed by atoms with Gasteiger partial charge in [-0.2, -0.15) is 13.2 Å². The van der Waals surface area contributed by atoms with Gasteiger partial charge in [0.25, 0.3) is 0 Å². The lowest BCUT2D eigenvalue weighted by Gasteiger charge is -2.12. The van der Waals surface area contributed by atoms with Crippen LogP contribution in [0.4, 0.5) is 13.2 Å². The van der Waals surface area contributed by atoms with E-state index < -0.39 is 11.9 Å². The first kappa shape index (κ1) is 12.9. The molecule has 1 N–H and O–H groups in total. The van der Waals surface area contributed by atoms with Crippen LogP contribution < -0.4 is 5.32 Å². The number of halogens is 4. The van der Waals surface area contributed by atoms with Gasteiger partial charge in [-0.25, -0.2) is 4.98 Å². The van der Waals surface area contributed by atoms with Gasteiger partial charge >= 0.3 is 6.18 Å². The molecule has 2 heterocycles. The van der Waals surface area contributed by atoms with Crippen molar-refractivity contribution in [3.8, 4) is 0 Å². The Bertz CT molecular complexity index is 516. The topological polar surface area (TPSA) is 42.2 Å². The molecule has 1 aliphatic rings. The van der Waals surface area contributed by atoms with Crippen LogP contribution in [0.2, 0.25) is 0 Å². The van der Waals surface area contributed by atoms with Crippen molar-refractivity contribution in [3.63, 3.8) is 0 Å². The second kappa shape index (κ2) is 4.64. The molecule has 0 aromatic carbocycles. The average Bonchev–Trinajstić information content (AvgIpc) is 2.63. The van der Waals surface area contributed by atoms with Crippen molar-refractivity contribution in [2.45, 2.75) is 19.6 Å². The summed E-state index contributed by atoms with van der Waals surface area (Å²) in [5.41, 5.74) is -0.898. The molecule has 0 bridgehead atoms. The molecule has 0 saturated carbocycles. The molecule has 0 amide bonds. The van der Waals surface area contributed by atoms with Gasteiger partial charge in [0.05, 0.1) is 18.1 Å². The maximum atomic E-state index is 12.5. The van der Waals surface area contributed by atoms with Crippen LogP contribution in [0.5, 0.6) is 0 Å². The summed E-state index contributed by atoms with van der Waals surface area (Å²) in [5.74, 6) is 0.834. The first-order valence-corrected chi connectivity index (χ1v) is 5.49. The Balaban J connectivity index is 2.13. The van der Waals surface area contributed by atoms with Crippen molar-refractivity contribution in [1.82, 2.24) is 14.9 Å². The minimum Gasteiger partial charge on any atom is -0.348 e. The fourth-order valence-corrected chi connectivity index (χ4v) is 1.60. The summed E-state index contributed by atoms with van der Waals surface area (Å²) in [6, 6.07) is 0. The summed E-state index contributed by atoms with van der Waals surface area (Å²) in [7, 11) is 0. The van der Waals surface area contributed by atoms with Gasteiger partial charge in [-0.15, -0.1) is 0 Å². The molecule has 0 unspecified atom stereocenters. The van der Waals surface area contributed by atoms with Crippen molar-refractivity contribution < 1.29 is 13.2 Å². The van der Waals surface area contributed by atoms with E-state index in [1.165, 1.54) is 11.5 Å². The third kappa shape index (κ3) is 2.84. The van der Waals surface area contributed by atoms with Gasteiger partial charge < -0.3 is 9.88 Å². The summed E-state index contributed by atoms with van der Waals surface area (Å²) in [6.45, 7) is 2.06. The molecule has 0 aliphatic carbocycles. The van der Waals surface area contributed by atoms with E-state index in [9.17, 15) is 13.2 Å². The van der Waals surface area contributed by atoms with Crippen LogP contribution in [0.25, 0.3) is 0 Å². The lowest BCUT2D eigenvalue weighted by atomic mass is 10.4. The average molecular weight is 279 g/mol. The van der Waals surface area contributed by atoms with Crippen LogP contribution >= 0.6 is 11.6 Å². The number of nitrogens with one attached hydrogen (secondary N) is 1. The molecule has 0 saturated heterocycles. The van der Waals surface area contributed by atoms with E-state index in [2.05, 4.69) is 15.3 Å². The SMILES string of the molecule is Cc1nc(C(F)(F)F)cn1CC1=NCC(Cl)=CN1. The largest absolute Gasteiger partial charge is 0.434 e. The molecular weight excluding hydrogens is 269 g/mol. The summed E-state index contributed by atoms with van der Waals surface area (Å²) in [4.78, 5) is 7.57. The highest BCUT2D eigenvalue weighted by Crippen LogP contribution is 2.28. The molecule has 1 aromatic heterocycles. The van der Waals surface area contributed by atoms with Gasteiger partial charge in [-0.05, 0) is 6.92 Å². The number of aromatic nitrogens is 2. The van der Waals surface area contributed by atoms with Crippen LogP contribution in [0, 0.1) is 6.92 Å². The van der Waals surface area contributed by atoms with Crippen molar-refractivity contribution >= 4 is 17.4 Å². The molecule has 0 radical (unpaired) electrons. The molecular formula is C10H10ClF3N4. The molecule has 8 heteroatoms. The number of amidine groups is 1. The lowest BCUT2D eigenvalue weighted by Crippen LogP contribution is -2.27. The van der Waals surface area contributed by atoms with Crippen molar-refractivity contribution in [2.24, 2.45) is 4.99 Å². The molecule has 98 valence electrons. The van der Waals surface area contributed by atoms with Crippen LogP contribution in [0.15, 0.2) is 22.4 Å². The van der Waals surface area contributed by atoms with E-state index in [1.807, 2.05) is 0 Å². The predicted molar refractivity (Wildman–Crippen MR) is 61.3 cm³/mol. The van der Waals surface area contributed by atoms with E-state index in [4.69, 9.17) is 11.6 Å². The Morgan fingerprint density at radius 3 is 2.72 bits per heavy atom. The molecule has 0 atom stereocenters. The highest BCUT2D eigenvalue weighted by Gasteiger charge is 2.34. The molecule has 4 nitrogen and oxygen atoms in total. The van der Waals surface area contributed by atoms with Crippen molar-refractivity contribution in [2.75, 3.05) is 6.54 Å². The number of aliphatic imine (C=N–C) groups is 1. The third-order valence-corrected chi connectivity index (χ3v) is 2.63. The number of rotatable bonds is 2. The highest BCUT2D eigenvalue weighted by atomic mass is 35.5. The summed E-state index contributed by atoms with van der Waals surface area (Å²) in [6.07, 6.45) is -1.89. The van der Waals surface area contributed by atoms with Gasteiger partial charge in [0.15, 0.2) is 5.69 Å². The van der Waals surface area contributed by atoms with E-state index in [0.29, 0.717) is 17.4 Å². The maximum absolute atomic E-state index is 12.5. The Morgan fingerprint density at radius 2 is 2.22 bits per heavy atom.